The molecule has 0 aliphatic carbocycles. The molecule has 4 N–H and O–H groups in total. The number of phenols is 1. The van der Waals surface area contributed by atoms with Gasteiger partial charge in [0, 0.05) is 6.42 Å². The highest BCUT2D eigenvalue weighted by molar-refractivity contribution is 6.44. The van der Waals surface area contributed by atoms with E-state index in [0.29, 0.717) is 5.69 Å². The monoisotopic (exact) mass is 400 g/mol. The van der Waals surface area contributed by atoms with Crippen molar-refractivity contribution in [3.63, 3.8) is 0 Å². The van der Waals surface area contributed by atoms with E-state index >= 15 is 0 Å². The van der Waals surface area contributed by atoms with E-state index in [1.165, 1.54) is 47.5 Å². The molecule has 3 rings (SSSR count). The number of aromatic hydroxyl groups is 1. The number of methoxy groups -OCH3 is 1. The van der Waals surface area contributed by atoms with Crippen LogP contribution in [-0.4, -0.2) is 41.8 Å². The number of esters is 1. The molecule has 0 spiro atoms. The Bertz CT molecular complexity index is 1010. The maximum absolute atomic E-state index is 13.2. The number of phenolic OH excluding ortho intramolecular Hbond substituents is 1. The first-order valence-corrected chi connectivity index (χ1v) is 8.45. The molecule has 1 aliphatic heterocycles. The van der Waals surface area contributed by atoms with Crippen LogP contribution in [0.15, 0.2) is 47.6 Å². The molecule has 1 aliphatic rings. The lowest BCUT2D eigenvalue weighted by molar-refractivity contribution is -0.119. The molecule has 0 fully saturated rings. The van der Waals surface area contributed by atoms with E-state index in [4.69, 9.17) is 5.73 Å². The number of primary amides is 1. The molecule has 1 atom stereocenters. The van der Waals surface area contributed by atoms with Crippen molar-refractivity contribution in [2.45, 2.75) is 12.5 Å². The summed E-state index contributed by atoms with van der Waals surface area (Å²) < 4.78 is 17.7. The quantitative estimate of drug-likeness (QED) is 0.513. The van der Waals surface area contributed by atoms with Crippen molar-refractivity contribution >= 4 is 34.9 Å². The fourth-order valence-corrected chi connectivity index (χ4v) is 2.81. The van der Waals surface area contributed by atoms with Crippen molar-refractivity contribution in [3.8, 4) is 5.75 Å². The van der Waals surface area contributed by atoms with Crippen LogP contribution < -0.4 is 16.1 Å². The van der Waals surface area contributed by atoms with Gasteiger partial charge in [0.2, 0.25) is 5.91 Å². The summed E-state index contributed by atoms with van der Waals surface area (Å²) >= 11 is 0. The molecule has 0 saturated heterocycles. The summed E-state index contributed by atoms with van der Waals surface area (Å²) in [4.78, 5) is 36.1. The number of rotatable bonds is 5. The van der Waals surface area contributed by atoms with E-state index in [2.05, 4.69) is 15.2 Å². The first-order chi connectivity index (χ1) is 13.8. The minimum Gasteiger partial charge on any atom is -0.505 e. The number of benzene rings is 2. The summed E-state index contributed by atoms with van der Waals surface area (Å²) in [6.07, 6.45) is -0.0873. The molecule has 2 aromatic rings. The standard InChI is InChI=1S/C19H17FN4O5/c1-29-19(28)12-3-2-4-13(16(12)25)22-18(27)14-9-15(17(21)26)24(23-14)11-7-5-10(20)6-8-11/h2-8,15,25H,9H2,1H3,(H2,21,26)(H,22,27). The van der Waals surface area contributed by atoms with Gasteiger partial charge >= 0.3 is 5.97 Å². The minimum atomic E-state index is -0.934. The average molecular weight is 400 g/mol. The Kier molecular flexibility index (Phi) is 5.44. The SMILES string of the molecule is COC(=O)c1cccc(NC(=O)C2=NN(c3ccc(F)cc3)C(C(N)=O)C2)c1O. The van der Waals surface area contributed by atoms with Crippen LogP contribution in [0.4, 0.5) is 15.8 Å². The summed E-state index contributed by atoms with van der Waals surface area (Å²) in [6, 6.07) is 8.44. The van der Waals surface area contributed by atoms with Crippen LogP contribution in [0.2, 0.25) is 0 Å². The van der Waals surface area contributed by atoms with Crippen LogP contribution in [0.25, 0.3) is 0 Å². The number of hydrazone groups is 1. The smallest absolute Gasteiger partial charge is 0.341 e. The van der Waals surface area contributed by atoms with Gasteiger partial charge < -0.3 is 20.9 Å². The molecule has 2 aromatic carbocycles. The Morgan fingerprint density at radius 3 is 2.55 bits per heavy atom. The zero-order valence-electron chi connectivity index (χ0n) is 15.3. The van der Waals surface area contributed by atoms with Crippen molar-refractivity contribution in [1.82, 2.24) is 0 Å². The second-order valence-electron chi connectivity index (χ2n) is 6.14. The molecule has 0 aromatic heterocycles. The van der Waals surface area contributed by atoms with Gasteiger partial charge in [-0.05, 0) is 36.4 Å². The molecule has 1 unspecified atom stereocenters. The van der Waals surface area contributed by atoms with Crippen LogP contribution in [0.5, 0.6) is 5.75 Å². The summed E-state index contributed by atoms with van der Waals surface area (Å²) in [7, 11) is 1.16. The van der Waals surface area contributed by atoms with Crippen LogP contribution in [0.3, 0.4) is 0 Å². The molecule has 0 bridgehead atoms. The topological polar surface area (TPSA) is 134 Å². The largest absolute Gasteiger partial charge is 0.505 e. The number of hydrogen-bond donors (Lipinski definition) is 3. The predicted molar refractivity (Wildman–Crippen MR) is 102 cm³/mol. The lowest BCUT2D eigenvalue weighted by atomic mass is 10.1. The molecule has 9 nitrogen and oxygen atoms in total. The first kappa shape index (κ1) is 19.8. The average Bonchev–Trinajstić information content (AvgIpc) is 3.15. The van der Waals surface area contributed by atoms with Crippen molar-refractivity contribution in [3.05, 3.63) is 53.8 Å². The summed E-state index contributed by atoms with van der Waals surface area (Å²) in [5, 5.41) is 18.0. The molecular weight excluding hydrogens is 383 g/mol. The summed E-state index contributed by atoms with van der Waals surface area (Å²) in [5.41, 5.74) is 5.61. The van der Waals surface area contributed by atoms with Gasteiger partial charge in [0.25, 0.3) is 5.91 Å². The molecule has 10 heteroatoms. The number of nitrogens with one attached hydrogen (secondary N) is 1. The van der Waals surface area contributed by atoms with Gasteiger partial charge in [-0.2, -0.15) is 5.10 Å². The highest BCUT2D eigenvalue weighted by atomic mass is 19.1. The molecule has 2 amide bonds. The number of para-hydroxylation sites is 1. The zero-order chi connectivity index (χ0) is 21.1. The van der Waals surface area contributed by atoms with E-state index in [1.54, 1.807) is 0 Å². The maximum atomic E-state index is 13.2. The lowest BCUT2D eigenvalue weighted by Crippen LogP contribution is -2.39. The predicted octanol–water partition coefficient (Wildman–Crippen LogP) is 1.38. The van der Waals surface area contributed by atoms with Crippen molar-refractivity contribution < 1.29 is 28.6 Å². The number of amides is 2. The molecule has 1 heterocycles. The number of halogens is 1. The number of nitrogens with zero attached hydrogens (tertiary/aromatic N) is 2. The maximum Gasteiger partial charge on any atom is 0.341 e. The summed E-state index contributed by atoms with van der Waals surface area (Å²) in [5.74, 6) is -3.11. The Morgan fingerprint density at radius 2 is 1.93 bits per heavy atom. The van der Waals surface area contributed by atoms with Gasteiger partial charge in [-0.1, -0.05) is 6.07 Å². The first-order valence-electron chi connectivity index (χ1n) is 8.45. The fourth-order valence-electron chi connectivity index (χ4n) is 2.81. The second-order valence-corrected chi connectivity index (χ2v) is 6.14. The summed E-state index contributed by atoms with van der Waals surface area (Å²) in [6.45, 7) is 0. The Balaban J connectivity index is 1.86. The van der Waals surface area contributed by atoms with E-state index in [1.807, 2.05) is 0 Å². The highest BCUT2D eigenvalue weighted by Crippen LogP contribution is 2.29. The Morgan fingerprint density at radius 1 is 1.24 bits per heavy atom. The number of ether oxygens (including phenoxy) is 1. The Hall–Kier alpha value is -3.95. The van der Waals surface area contributed by atoms with Crippen molar-refractivity contribution in [2.24, 2.45) is 10.8 Å². The zero-order valence-corrected chi connectivity index (χ0v) is 15.3. The van der Waals surface area contributed by atoms with Gasteiger partial charge in [-0.3, -0.25) is 14.6 Å². The number of anilines is 2. The third-order valence-electron chi connectivity index (χ3n) is 4.28. The molecular formula is C19H17FN4O5. The van der Waals surface area contributed by atoms with E-state index in [9.17, 15) is 23.9 Å². The number of hydrogen-bond acceptors (Lipinski definition) is 7. The van der Waals surface area contributed by atoms with Gasteiger partial charge in [-0.15, -0.1) is 0 Å². The molecule has 0 radical (unpaired) electrons. The lowest BCUT2D eigenvalue weighted by Gasteiger charge is -2.20. The van der Waals surface area contributed by atoms with E-state index in [0.717, 1.165) is 7.11 Å². The minimum absolute atomic E-state index is 0.0269. The number of carbonyl (C=O) groups is 3. The van der Waals surface area contributed by atoms with Crippen LogP contribution in [0.1, 0.15) is 16.8 Å². The van der Waals surface area contributed by atoms with E-state index < -0.39 is 35.4 Å². The normalized spacial score (nSPS) is 15.6. The highest BCUT2D eigenvalue weighted by Gasteiger charge is 2.35. The second kappa shape index (κ2) is 7.97. The van der Waals surface area contributed by atoms with Crippen molar-refractivity contribution in [2.75, 3.05) is 17.4 Å². The third-order valence-corrected chi connectivity index (χ3v) is 4.28. The Labute approximate surface area is 164 Å². The van der Waals surface area contributed by atoms with Gasteiger partial charge in [0.05, 0.1) is 18.5 Å². The van der Waals surface area contributed by atoms with Crippen LogP contribution >= 0.6 is 0 Å². The molecule has 0 saturated carbocycles. The fraction of sp³-hybridized carbons (Fsp3) is 0.158. The van der Waals surface area contributed by atoms with Crippen LogP contribution in [-0.2, 0) is 14.3 Å². The van der Waals surface area contributed by atoms with Crippen LogP contribution in [0, 0.1) is 5.82 Å². The van der Waals surface area contributed by atoms with Gasteiger partial charge in [0.15, 0.2) is 5.75 Å². The van der Waals surface area contributed by atoms with Gasteiger partial charge in [-0.25, -0.2) is 9.18 Å². The molecule has 29 heavy (non-hydrogen) atoms. The van der Waals surface area contributed by atoms with Gasteiger partial charge in [0.1, 0.15) is 23.1 Å². The number of nitrogens with two attached hydrogens (primary N) is 1. The third kappa shape index (κ3) is 4.00. The number of carbonyl (C=O) groups excluding carboxylic acids is 3. The van der Waals surface area contributed by atoms with Crippen molar-refractivity contribution in [1.29, 1.82) is 0 Å². The molecule has 150 valence electrons. The van der Waals surface area contributed by atoms with E-state index in [-0.39, 0.29) is 23.4 Å².